The fraction of sp³-hybridized carbons (Fsp3) is 0.235. The second-order valence-corrected chi connectivity index (χ2v) is 5.57. The van der Waals surface area contributed by atoms with Crippen molar-refractivity contribution in [1.82, 2.24) is 0 Å². The van der Waals surface area contributed by atoms with Crippen molar-refractivity contribution in [2.24, 2.45) is 0 Å². The van der Waals surface area contributed by atoms with Gasteiger partial charge in [-0.2, -0.15) is 0 Å². The van der Waals surface area contributed by atoms with Crippen molar-refractivity contribution in [3.05, 3.63) is 52.5 Å². The number of nitrogens with one attached hydrogen (secondary N) is 1. The van der Waals surface area contributed by atoms with Gasteiger partial charge in [0.05, 0.1) is 20.1 Å². The molecule has 0 saturated heterocycles. The predicted octanol–water partition coefficient (Wildman–Crippen LogP) is 3.64. The third-order valence-electron chi connectivity index (χ3n) is 3.87. The van der Waals surface area contributed by atoms with Crippen LogP contribution in [-0.4, -0.2) is 20.1 Å². The molecule has 5 heteroatoms. The highest BCUT2D eigenvalue weighted by atomic mass is 35.5. The van der Waals surface area contributed by atoms with Crippen molar-refractivity contribution in [3.8, 4) is 11.5 Å². The van der Waals surface area contributed by atoms with E-state index in [1.165, 1.54) is 0 Å². The average molecular weight is 318 g/mol. The Balaban J connectivity index is 1.98. The molecule has 1 atom stereocenters. The Morgan fingerprint density at radius 1 is 1.18 bits per heavy atom. The molecule has 1 unspecified atom stereocenters. The van der Waals surface area contributed by atoms with Gasteiger partial charge in [-0.15, -0.1) is 0 Å². The summed E-state index contributed by atoms with van der Waals surface area (Å²) in [6.07, 6.45) is 0.527. The van der Waals surface area contributed by atoms with Gasteiger partial charge in [-0.25, -0.2) is 0 Å². The van der Waals surface area contributed by atoms with E-state index >= 15 is 0 Å². The fourth-order valence-corrected chi connectivity index (χ4v) is 3.01. The van der Waals surface area contributed by atoms with E-state index in [2.05, 4.69) is 5.32 Å². The quantitative estimate of drug-likeness (QED) is 0.936. The van der Waals surface area contributed by atoms with Crippen molar-refractivity contribution in [2.75, 3.05) is 19.5 Å². The van der Waals surface area contributed by atoms with Gasteiger partial charge in [-0.1, -0.05) is 23.7 Å². The maximum atomic E-state index is 12.3. The summed E-state index contributed by atoms with van der Waals surface area (Å²) in [7, 11) is 3.19. The van der Waals surface area contributed by atoms with Crippen LogP contribution in [0.1, 0.15) is 17.0 Å². The number of benzene rings is 2. The Morgan fingerprint density at radius 3 is 2.73 bits per heavy atom. The first-order valence-corrected chi connectivity index (χ1v) is 7.32. The van der Waals surface area contributed by atoms with Gasteiger partial charge < -0.3 is 14.8 Å². The second kappa shape index (κ2) is 5.89. The van der Waals surface area contributed by atoms with Crippen LogP contribution >= 0.6 is 11.6 Å². The van der Waals surface area contributed by atoms with E-state index in [0.717, 1.165) is 16.8 Å². The molecule has 2 aromatic rings. The van der Waals surface area contributed by atoms with Crippen LogP contribution in [0.15, 0.2) is 36.4 Å². The van der Waals surface area contributed by atoms with Crippen molar-refractivity contribution in [1.29, 1.82) is 0 Å². The standard InChI is InChI=1S/C17H16ClNO3/c1-21-15-5-3-4-10(16(15)22-2)8-13-12-9-11(18)6-7-14(12)19-17(13)20/h3-7,9,13H,8H2,1-2H3,(H,19,20). The SMILES string of the molecule is COc1cccc(CC2C(=O)Nc3ccc(Cl)cc32)c1OC. The van der Waals surface area contributed by atoms with Crippen LogP contribution in [0.4, 0.5) is 5.69 Å². The number of methoxy groups -OCH3 is 2. The Hall–Kier alpha value is -2.20. The second-order valence-electron chi connectivity index (χ2n) is 5.13. The normalized spacial score (nSPS) is 16.1. The van der Waals surface area contributed by atoms with E-state index in [-0.39, 0.29) is 11.8 Å². The maximum Gasteiger partial charge on any atom is 0.232 e. The molecule has 1 aliphatic rings. The number of anilines is 1. The zero-order valence-corrected chi connectivity index (χ0v) is 13.1. The number of carbonyl (C=O) groups excluding carboxylic acids is 1. The number of ether oxygens (including phenoxy) is 2. The highest BCUT2D eigenvalue weighted by molar-refractivity contribution is 6.31. The van der Waals surface area contributed by atoms with Crippen molar-refractivity contribution < 1.29 is 14.3 Å². The van der Waals surface area contributed by atoms with E-state index in [1.54, 1.807) is 20.3 Å². The van der Waals surface area contributed by atoms with E-state index in [1.807, 2.05) is 30.3 Å². The number of halogens is 1. The molecule has 114 valence electrons. The molecule has 0 bridgehead atoms. The molecule has 3 rings (SSSR count). The molecule has 0 spiro atoms. The molecule has 0 aromatic heterocycles. The number of amides is 1. The van der Waals surface area contributed by atoms with E-state index in [9.17, 15) is 4.79 Å². The van der Waals surface area contributed by atoms with Crippen molar-refractivity contribution >= 4 is 23.2 Å². The number of hydrogen-bond acceptors (Lipinski definition) is 3. The number of para-hydroxylation sites is 1. The van der Waals surface area contributed by atoms with Crippen LogP contribution < -0.4 is 14.8 Å². The molecule has 0 radical (unpaired) electrons. The van der Waals surface area contributed by atoms with Gasteiger partial charge in [0, 0.05) is 10.7 Å². The molecule has 0 fully saturated rings. The topological polar surface area (TPSA) is 47.6 Å². The third-order valence-corrected chi connectivity index (χ3v) is 4.11. The molecule has 22 heavy (non-hydrogen) atoms. The van der Waals surface area contributed by atoms with Gasteiger partial charge in [-0.05, 0) is 41.8 Å². The monoisotopic (exact) mass is 317 g/mol. The minimum atomic E-state index is -0.283. The number of hydrogen-bond donors (Lipinski definition) is 1. The first-order chi connectivity index (χ1) is 10.6. The first kappa shape index (κ1) is 14.7. The summed E-state index contributed by atoms with van der Waals surface area (Å²) >= 11 is 6.06. The number of carbonyl (C=O) groups is 1. The Morgan fingerprint density at radius 2 is 2.00 bits per heavy atom. The van der Waals surface area contributed by atoms with Crippen LogP contribution in [0.5, 0.6) is 11.5 Å². The van der Waals surface area contributed by atoms with Crippen LogP contribution in [0.2, 0.25) is 5.02 Å². The Bertz CT molecular complexity index is 730. The van der Waals surface area contributed by atoms with Gasteiger partial charge in [-0.3, -0.25) is 4.79 Å². The molecular formula is C17H16ClNO3. The molecule has 1 N–H and O–H groups in total. The smallest absolute Gasteiger partial charge is 0.232 e. The molecule has 4 nitrogen and oxygen atoms in total. The molecule has 2 aromatic carbocycles. The van der Waals surface area contributed by atoms with E-state index in [0.29, 0.717) is 22.9 Å². The van der Waals surface area contributed by atoms with Crippen molar-refractivity contribution in [3.63, 3.8) is 0 Å². The molecule has 0 saturated carbocycles. The maximum absolute atomic E-state index is 12.3. The predicted molar refractivity (Wildman–Crippen MR) is 86.1 cm³/mol. The van der Waals surface area contributed by atoms with Crippen molar-refractivity contribution in [2.45, 2.75) is 12.3 Å². The summed E-state index contributed by atoms with van der Waals surface area (Å²) in [5, 5.41) is 3.51. The molecule has 1 heterocycles. The number of fused-ring (bicyclic) bond motifs is 1. The lowest BCUT2D eigenvalue weighted by atomic mass is 9.92. The van der Waals surface area contributed by atoms with Crippen LogP contribution in [0.3, 0.4) is 0 Å². The summed E-state index contributed by atoms with van der Waals surface area (Å²) in [5.74, 6) is 1.01. The van der Waals surface area contributed by atoms with Gasteiger partial charge in [0.1, 0.15) is 0 Å². The van der Waals surface area contributed by atoms with E-state index < -0.39 is 0 Å². The molecule has 1 aliphatic heterocycles. The minimum absolute atomic E-state index is 0.0258. The summed E-state index contributed by atoms with van der Waals surface area (Å²) in [6, 6.07) is 11.1. The zero-order chi connectivity index (χ0) is 15.7. The average Bonchev–Trinajstić information content (AvgIpc) is 2.82. The zero-order valence-electron chi connectivity index (χ0n) is 12.4. The third kappa shape index (κ3) is 2.50. The van der Waals surface area contributed by atoms with Gasteiger partial charge in [0.25, 0.3) is 0 Å². The molecule has 1 amide bonds. The molecule has 0 aliphatic carbocycles. The lowest BCUT2D eigenvalue weighted by Gasteiger charge is -2.15. The summed E-state index contributed by atoms with van der Waals surface area (Å²) in [4.78, 5) is 12.3. The lowest BCUT2D eigenvalue weighted by molar-refractivity contribution is -0.117. The first-order valence-electron chi connectivity index (χ1n) is 6.94. The highest BCUT2D eigenvalue weighted by Gasteiger charge is 2.31. The fourth-order valence-electron chi connectivity index (χ4n) is 2.83. The summed E-state index contributed by atoms with van der Waals surface area (Å²) < 4.78 is 10.8. The largest absolute Gasteiger partial charge is 0.493 e. The summed E-state index contributed by atoms with van der Waals surface area (Å²) in [5.41, 5.74) is 2.67. The molecular weight excluding hydrogens is 302 g/mol. The van der Waals surface area contributed by atoms with Crippen LogP contribution in [0.25, 0.3) is 0 Å². The Kier molecular flexibility index (Phi) is 3.94. The minimum Gasteiger partial charge on any atom is -0.493 e. The Labute approximate surface area is 134 Å². The van der Waals surface area contributed by atoms with Gasteiger partial charge in [0.15, 0.2) is 11.5 Å². The van der Waals surface area contributed by atoms with Crippen LogP contribution in [-0.2, 0) is 11.2 Å². The summed E-state index contributed by atoms with van der Waals surface area (Å²) in [6.45, 7) is 0. The van der Waals surface area contributed by atoms with Crippen LogP contribution in [0, 0.1) is 0 Å². The highest BCUT2D eigenvalue weighted by Crippen LogP contribution is 2.39. The van der Waals surface area contributed by atoms with E-state index in [4.69, 9.17) is 21.1 Å². The van der Waals surface area contributed by atoms with Gasteiger partial charge >= 0.3 is 0 Å². The number of rotatable bonds is 4. The van der Waals surface area contributed by atoms with Gasteiger partial charge in [0.2, 0.25) is 5.91 Å². The lowest BCUT2D eigenvalue weighted by Crippen LogP contribution is -2.14.